The van der Waals surface area contributed by atoms with Gasteiger partial charge in [0.25, 0.3) is 0 Å². The van der Waals surface area contributed by atoms with Crippen molar-refractivity contribution < 1.29 is 9.59 Å². The number of rotatable bonds is 3. The van der Waals surface area contributed by atoms with E-state index in [1.807, 2.05) is 0 Å². The van der Waals surface area contributed by atoms with Gasteiger partial charge in [0.2, 0.25) is 11.8 Å². The van der Waals surface area contributed by atoms with Gasteiger partial charge in [-0.2, -0.15) is 0 Å². The molecule has 0 aromatic rings. The second kappa shape index (κ2) is 5.83. The monoisotopic (exact) mass is 252 g/mol. The second-order valence-electron chi connectivity index (χ2n) is 5.75. The van der Waals surface area contributed by atoms with E-state index in [2.05, 4.69) is 12.2 Å². The average Bonchev–Trinajstić information content (AvgIpc) is 2.59. The van der Waals surface area contributed by atoms with E-state index >= 15 is 0 Å². The van der Waals surface area contributed by atoms with Crippen molar-refractivity contribution in [2.45, 2.75) is 64.0 Å². The van der Waals surface area contributed by atoms with Crippen LogP contribution in [0.4, 0.5) is 0 Å². The molecular weight excluding hydrogens is 228 g/mol. The summed E-state index contributed by atoms with van der Waals surface area (Å²) >= 11 is 0. The summed E-state index contributed by atoms with van der Waals surface area (Å²) < 4.78 is 0. The lowest BCUT2D eigenvalue weighted by Gasteiger charge is -2.25. The quantitative estimate of drug-likeness (QED) is 0.614. The van der Waals surface area contributed by atoms with E-state index in [0.29, 0.717) is 18.4 Å². The van der Waals surface area contributed by atoms with Gasteiger partial charge in [0, 0.05) is 13.1 Å². The molecule has 1 heterocycles. The van der Waals surface area contributed by atoms with Crippen LogP contribution in [-0.4, -0.2) is 35.8 Å². The molecule has 0 spiro atoms. The molecule has 4 nitrogen and oxygen atoms in total. The second-order valence-corrected chi connectivity index (χ2v) is 5.75. The molecule has 1 N–H and O–H groups in total. The number of nitrogens with zero attached hydrogens (tertiary/aromatic N) is 1. The third-order valence-corrected chi connectivity index (χ3v) is 4.45. The van der Waals surface area contributed by atoms with E-state index in [4.69, 9.17) is 0 Å². The topological polar surface area (TPSA) is 49.4 Å². The van der Waals surface area contributed by atoms with E-state index < -0.39 is 0 Å². The van der Waals surface area contributed by atoms with Crippen LogP contribution in [0, 0.1) is 5.92 Å². The third kappa shape index (κ3) is 2.91. The molecule has 2 amide bonds. The van der Waals surface area contributed by atoms with E-state index in [9.17, 15) is 9.59 Å². The van der Waals surface area contributed by atoms with Gasteiger partial charge in [0.05, 0.1) is 12.5 Å². The van der Waals surface area contributed by atoms with Crippen LogP contribution in [0.2, 0.25) is 0 Å². The zero-order valence-electron chi connectivity index (χ0n) is 11.4. The van der Waals surface area contributed by atoms with Crippen LogP contribution in [0.1, 0.15) is 51.9 Å². The summed E-state index contributed by atoms with van der Waals surface area (Å²) in [6, 6.07) is 0.0390. The van der Waals surface area contributed by atoms with E-state index in [1.165, 1.54) is 43.4 Å². The Morgan fingerprint density at radius 1 is 1.17 bits per heavy atom. The SMILES string of the molecule is C[C@H](NC1CC(=O)N(C)C1=O)C1CCCCCC1. The van der Waals surface area contributed by atoms with Gasteiger partial charge in [0.1, 0.15) is 0 Å². The Labute approximate surface area is 109 Å². The third-order valence-electron chi connectivity index (χ3n) is 4.45. The zero-order valence-corrected chi connectivity index (χ0v) is 11.4. The summed E-state index contributed by atoms with van der Waals surface area (Å²) in [4.78, 5) is 24.6. The van der Waals surface area contributed by atoms with Crippen molar-refractivity contribution in [1.29, 1.82) is 0 Å². The lowest BCUT2D eigenvalue weighted by atomic mass is 9.92. The molecule has 4 heteroatoms. The Kier molecular flexibility index (Phi) is 4.38. The minimum absolute atomic E-state index is 0.0643. The first kappa shape index (κ1) is 13.5. The minimum Gasteiger partial charge on any atom is -0.303 e. The van der Waals surface area contributed by atoms with Crippen LogP contribution in [0.25, 0.3) is 0 Å². The first-order valence-electron chi connectivity index (χ1n) is 7.16. The fourth-order valence-corrected chi connectivity index (χ4v) is 3.15. The highest BCUT2D eigenvalue weighted by atomic mass is 16.2. The largest absolute Gasteiger partial charge is 0.303 e. The number of carbonyl (C=O) groups is 2. The summed E-state index contributed by atoms with van der Waals surface area (Å²) in [5, 5.41) is 3.37. The van der Waals surface area contributed by atoms with Gasteiger partial charge in [-0.15, -0.1) is 0 Å². The zero-order chi connectivity index (χ0) is 13.1. The Balaban J connectivity index is 1.88. The van der Waals surface area contributed by atoms with Gasteiger partial charge in [-0.05, 0) is 25.7 Å². The number of amides is 2. The van der Waals surface area contributed by atoms with Crippen LogP contribution in [0.3, 0.4) is 0 Å². The highest BCUT2D eigenvalue weighted by Crippen LogP contribution is 2.26. The maximum atomic E-state index is 11.8. The number of likely N-dealkylation sites (tertiary alicyclic amines) is 1. The maximum absolute atomic E-state index is 11.8. The van der Waals surface area contributed by atoms with Gasteiger partial charge in [0.15, 0.2) is 0 Å². The van der Waals surface area contributed by atoms with Crippen molar-refractivity contribution in [2.24, 2.45) is 5.92 Å². The number of hydrogen-bond acceptors (Lipinski definition) is 3. The molecule has 0 radical (unpaired) electrons. The Hall–Kier alpha value is -0.900. The first-order valence-corrected chi connectivity index (χ1v) is 7.16. The Morgan fingerprint density at radius 2 is 1.78 bits per heavy atom. The molecule has 1 saturated heterocycles. The van der Waals surface area contributed by atoms with Gasteiger partial charge >= 0.3 is 0 Å². The van der Waals surface area contributed by atoms with Gasteiger partial charge < -0.3 is 5.32 Å². The number of likely N-dealkylation sites (N-methyl/N-ethyl adjacent to an activating group) is 1. The Morgan fingerprint density at radius 3 is 2.28 bits per heavy atom. The molecule has 1 unspecified atom stereocenters. The van der Waals surface area contributed by atoms with Crippen LogP contribution in [-0.2, 0) is 9.59 Å². The summed E-state index contributed by atoms with van der Waals surface area (Å²) in [5.74, 6) is 0.521. The molecule has 2 atom stereocenters. The predicted octanol–water partition coefficient (Wildman–Crippen LogP) is 1.69. The number of carbonyl (C=O) groups excluding carboxylic acids is 2. The summed E-state index contributed by atoms with van der Waals surface area (Å²) in [6.45, 7) is 2.16. The number of nitrogens with one attached hydrogen (secondary N) is 1. The van der Waals surface area contributed by atoms with Crippen LogP contribution in [0.15, 0.2) is 0 Å². The molecule has 18 heavy (non-hydrogen) atoms. The smallest absolute Gasteiger partial charge is 0.246 e. The van der Waals surface area contributed by atoms with Gasteiger partial charge in [-0.25, -0.2) is 0 Å². The van der Waals surface area contributed by atoms with Crippen LogP contribution >= 0.6 is 0 Å². The lowest BCUT2D eigenvalue weighted by Crippen LogP contribution is -2.44. The molecule has 0 bridgehead atoms. The van der Waals surface area contributed by atoms with Crippen molar-refractivity contribution in [1.82, 2.24) is 10.2 Å². The minimum atomic E-state index is -0.291. The molecule has 0 aromatic carbocycles. The highest BCUT2D eigenvalue weighted by Gasteiger charge is 2.37. The maximum Gasteiger partial charge on any atom is 0.246 e. The van der Waals surface area contributed by atoms with Gasteiger partial charge in [-0.1, -0.05) is 25.7 Å². The van der Waals surface area contributed by atoms with E-state index in [0.717, 1.165) is 0 Å². The van der Waals surface area contributed by atoms with Crippen molar-refractivity contribution in [3.8, 4) is 0 Å². The predicted molar refractivity (Wildman–Crippen MR) is 70.0 cm³/mol. The van der Waals surface area contributed by atoms with Crippen LogP contribution in [0.5, 0.6) is 0 Å². The fourth-order valence-electron chi connectivity index (χ4n) is 3.15. The molecule has 2 aliphatic rings. The van der Waals surface area contributed by atoms with E-state index in [-0.39, 0.29) is 17.9 Å². The highest BCUT2D eigenvalue weighted by molar-refractivity contribution is 6.05. The molecule has 1 saturated carbocycles. The summed E-state index contributed by atoms with van der Waals surface area (Å²) in [5.41, 5.74) is 0. The van der Waals surface area contributed by atoms with Crippen molar-refractivity contribution in [2.75, 3.05) is 7.05 Å². The van der Waals surface area contributed by atoms with Crippen LogP contribution < -0.4 is 5.32 Å². The van der Waals surface area contributed by atoms with Crippen molar-refractivity contribution in [3.63, 3.8) is 0 Å². The standard InChI is InChI=1S/C14H24N2O2/c1-10(11-7-5-3-4-6-8-11)15-12-9-13(17)16(2)14(12)18/h10-12,15H,3-9H2,1-2H3/t10-,12?/m0/s1. The molecule has 1 aliphatic carbocycles. The van der Waals surface area contributed by atoms with Crippen molar-refractivity contribution >= 4 is 11.8 Å². The first-order chi connectivity index (χ1) is 8.59. The summed E-state index contributed by atoms with van der Waals surface area (Å²) in [6.07, 6.45) is 8.10. The van der Waals surface area contributed by atoms with Gasteiger partial charge in [-0.3, -0.25) is 14.5 Å². The summed E-state index contributed by atoms with van der Waals surface area (Å²) in [7, 11) is 1.57. The molecule has 2 fully saturated rings. The lowest BCUT2D eigenvalue weighted by molar-refractivity contribution is -0.137. The molecule has 2 rings (SSSR count). The van der Waals surface area contributed by atoms with Crippen molar-refractivity contribution in [3.05, 3.63) is 0 Å². The molecule has 102 valence electrons. The molecule has 1 aliphatic heterocycles. The van der Waals surface area contributed by atoms with E-state index in [1.54, 1.807) is 7.05 Å². The fraction of sp³-hybridized carbons (Fsp3) is 0.857. The molecule has 0 aromatic heterocycles. The normalized spacial score (nSPS) is 28.6. The number of imide groups is 1. The Bertz CT molecular complexity index is 322. The number of hydrogen-bond donors (Lipinski definition) is 1. The average molecular weight is 252 g/mol. The molecular formula is C14H24N2O2.